The molecule has 0 heterocycles. The molecular formula is C20H26N2O2. The number of hydrogen-bond acceptors (Lipinski definition) is 2. The van der Waals surface area contributed by atoms with Crippen LogP contribution in [0.5, 0.6) is 5.75 Å². The number of hydrogen-bond donors (Lipinski definition) is 2. The van der Waals surface area contributed by atoms with Crippen molar-refractivity contribution in [3.63, 3.8) is 0 Å². The highest BCUT2D eigenvalue weighted by Gasteiger charge is 2.20. The van der Waals surface area contributed by atoms with Gasteiger partial charge in [0.15, 0.2) is 0 Å². The molecule has 2 aromatic carbocycles. The monoisotopic (exact) mass is 326 g/mol. The largest absolute Gasteiger partial charge is 0.496 e. The Balaban J connectivity index is 2.11. The molecule has 0 aliphatic carbocycles. The van der Waals surface area contributed by atoms with Gasteiger partial charge in [-0.1, -0.05) is 57.2 Å². The van der Waals surface area contributed by atoms with Gasteiger partial charge in [0.1, 0.15) is 5.75 Å². The summed E-state index contributed by atoms with van der Waals surface area (Å²) < 4.78 is 5.31. The average Bonchev–Trinajstić information content (AvgIpc) is 2.54. The van der Waals surface area contributed by atoms with E-state index in [2.05, 4.69) is 37.5 Å². The third-order valence-corrected chi connectivity index (χ3v) is 3.95. The van der Waals surface area contributed by atoms with E-state index in [0.717, 1.165) is 28.1 Å². The SMILES string of the molecule is COc1ccccc1CNC(=O)Nc1c(C)cccc1C(C)(C)C. The molecule has 24 heavy (non-hydrogen) atoms. The number of para-hydroxylation sites is 2. The lowest BCUT2D eigenvalue weighted by Gasteiger charge is -2.24. The Morgan fingerprint density at radius 1 is 1.08 bits per heavy atom. The molecule has 0 aromatic heterocycles. The van der Waals surface area contributed by atoms with Crippen LogP contribution in [0.3, 0.4) is 0 Å². The standard InChI is InChI=1S/C20H26N2O2/c1-14-9-8-11-16(20(2,3)4)18(14)22-19(23)21-13-15-10-6-7-12-17(15)24-5/h6-12H,13H2,1-5H3,(H2,21,22,23). The van der Waals surface area contributed by atoms with Gasteiger partial charge in [-0.2, -0.15) is 0 Å². The quantitative estimate of drug-likeness (QED) is 0.861. The Morgan fingerprint density at radius 2 is 1.79 bits per heavy atom. The Hall–Kier alpha value is -2.49. The first-order chi connectivity index (χ1) is 11.3. The Bertz CT molecular complexity index is 718. The fourth-order valence-electron chi connectivity index (χ4n) is 2.64. The van der Waals surface area contributed by atoms with Crippen molar-refractivity contribution in [2.75, 3.05) is 12.4 Å². The van der Waals surface area contributed by atoms with E-state index < -0.39 is 0 Å². The molecule has 0 bridgehead atoms. The lowest BCUT2D eigenvalue weighted by Crippen LogP contribution is -2.30. The van der Waals surface area contributed by atoms with Crippen molar-refractivity contribution >= 4 is 11.7 Å². The van der Waals surface area contributed by atoms with Crippen molar-refractivity contribution in [1.82, 2.24) is 5.32 Å². The molecule has 4 heteroatoms. The predicted octanol–water partition coefficient (Wildman–Crippen LogP) is 4.62. The van der Waals surface area contributed by atoms with Crippen molar-refractivity contribution in [2.45, 2.75) is 39.7 Å². The van der Waals surface area contributed by atoms with Crippen LogP contribution in [0.15, 0.2) is 42.5 Å². The zero-order valence-corrected chi connectivity index (χ0v) is 15.1. The van der Waals surface area contributed by atoms with Crippen LogP contribution in [-0.4, -0.2) is 13.1 Å². The predicted molar refractivity (Wildman–Crippen MR) is 98.7 cm³/mol. The second-order valence-corrected chi connectivity index (χ2v) is 6.87. The average molecular weight is 326 g/mol. The molecule has 128 valence electrons. The van der Waals surface area contributed by atoms with E-state index in [9.17, 15) is 4.79 Å². The fourth-order valence-corrected chi connectivity index (χ4v) is 2.64. The first-order valence-electron chi connectivity index (χ1n) is 8.09. The lowest BCUT2D eigenvalue weighted by molar-refractivity contribution is 0.251. The number of urea groups is 1. The maximum atomic E-state index is 12.4. The molecule has 0 saturated carbocycles. The number of methoxy groups -OCH3 is 1. The summed E-state index contributed by atoms with van der Waals surface area (Å²) in [7, 11) is 1.63. The summed E-state index contributed by atoms with van der Waals surface area (Å²) in [5.74, 6) is 0.768. The van der Waals surface area contributed by atoms with E-state index in [1.54, 1.807) is 7.11 Å². The number of amides is 2. The second-order valence-electron chi connectivity index (χ2n) is 6.87. The van der Waals surface area contributed by atoms with Crippen LogP contribution in [0, 0.1) is 6.92 Å². The van der Waals surface area contributed by atoms with Crippen molar-refractivity contribution in [3.8, 4) is 5.75 Å². The summed E-state index contributed by atoms with van der Waals surface area (Å²) in [4.78, 5) is 12.4. The van der Waals surface area contributed by atoms with Crippen LogP contribution in [-0.2, 0) is 12.0 Å². The molecule has 2 rings (SSSR count). The van der Waals surface area contributed by atoms with Crippen LogP contribution in [0.25, 0.3) is 0 Å². The van der Waals surface area contributed by atoms with Crippen LogP contribution in [0.2, 0.25) is 0 Å². The van der Waals surface area contributed by atoms with Gasteiger partial charge in [-0.3, -0.25) is 0 Å². The summed E-state index contributed by atoms with van der Waals surface area (Å²) in [5.41, 5.74) is 3.94. The third kappa shape index (κ3) is 4.28. The molecule has 2 aromatic rings. The van der Waals surface area contributed by atoms with Crippen molar-refractivity contribution in [2.24, 2.45) is 0 Å². The van der Waals surface area contributed by atoms with Gasteiger partial charge in [-0.15, -0.1) is 0 Å². The van der Waals surface area contributed by atoms with Crippen LogP contribution in [0.4, 0.5) is 10.5 Å². The maximum Gasteiger partial charge on any atom is 0.319 e. The highest BCUT2D eigenvalue weighted by atomic mass is 16.5. The molecule has 2 amide bonds. The summed E-state index contributed by atoms with van der Waals surface area (Å²) in [6, 6.07) is 13.5. The van der Waals surface area contributed by atoms with E-state index in [1.807, 2.05) is 43.3 Å². The van der Waals surface area contributed by atoms with Crippen LogP contribution < -0.4 is 15.4 Å². The third-order valence-electron chi connectivity index (χ3n) is 3.95. The minimum absolute atomic E-state index is 0.0444. The van der Waals surface area contributed by atoms with Gasteiger partial charge in [0.05, 0.1) is 7.11 Å². The van der Waals surface area contributed by atoms with E-state index in [4.69, 9.17) is 4.74 Å². The van der Waals surface area contributed by atoms with Gasteiger partial charge < -0.3 is 15.4 Å². The van der Waals surface area contributed by atoms with E-state index >= 15 is 0 Å². The van der Waals surface area contributed by atoms with Crippen molar-refractivity contribution in [1.29, 1.82) is 0 Å². The Morgan fingerprint density at radius 3 is 2.46 bits per heavy atom. The normalized spacial score (nSPS) is 11.0. The van der Waals surface area contributed by atoms with E-state index in [-0.39, 0.29) is 11.4 Å². The minimum atomic E-state index is -0.222. The van der Waals surface area contributed by atoms with Crippen LogP contribution >= 0.6 is 0 Å². The lowest BCUT2D eigenvalue weighted by atomic mass is 9.84. The number of carbonyl (C=O) groups excluding carboxylic acids is 1. The summed E-state index contributed by atoms with van der Waals surface area (Å²) in [6.45, 7) is 8.83. The topological polar surface area (TPSA) is 50.4 Å². The van der Waals surface area contributed by atoms with E-state index in [0.29, 0.717) is 6.54 Å². The first kappa shape index (κ1) is 17.9. The van der Waals surface area contributed by atoms with Crippen LogP contribution in [0.1, 0.15) is 37.5 Å². The zero-order chi connectivity index (χ0) is 17.7. The molecule has 2 N–H and O–H groups in total. The van der Waals surface area contributed by atoms with Crippen molar-refractivity contribution in [3.05, 3.63) is 59.2 Å². The number of ether oxygens (including phenoxy) is 1. The Labute approximate surface area is 144 Å². The molecule has 0 fully saturated rings. The van der Waals surface area contributed by atoms with Gasteiger partial charge in [-0.05, 0) is 29.5 Å². The second kappa shape index (κ2) is 7.39. The minimum Gasteiger partial charge on any atom is -0.496 e. The summed E-state index contributed by atoms with van der Waals surface area (Å²) in [5, 5.41) is 5.90. The van der Waals surface area contributed by atoms with Gasteiger partial charge >= 0.3 is 6.03 Å². The molecular weight excluding hydrogens is 300 g/mol. The molecule has 0 unspecified atom stereocenters. The van der Waals surface area contributed by atoms with E-state index in [1.165, 1.54) is 0 Å². The zero-order valence-electron chi connectivity index (χ0n) is 15.1. The molecule has 0 spiro atoms. The van der Waals surface area contributed by atoms with Gasteiger partial charge in [-0.25, -0.2) is 4.79 Å². The number of benzene rings is 2. The molecule has 4 nitrogen and oxygen atoms in total. The number of carbonyl (C=O) groups is 1. The molecule has 0 atom stereocenters. The number of aryl methyl sites for hydroxylation is 1. The van der Waals surface area contributed by atoms with Gasteiger partial charge in [0.2, 0.25) is 0 Å². The van der Waals surface area contributed by atoms with Gasteiger partial charge in [0.25, 0.3) is 0 Å². The Kier molecular flexibility index (Phi) is 5.50. The summed E-state index contributed by atoms with van der Waals surface area (Å²) >= 11 is 0. The number of nitrogens with one attached hydrogen (secondary N) is 2. The fraction of sp³-hybridized carbons (Fsp3) is 0.350. The van der Waals surface area contributed by atoms with Crippen molar-refractivity contribution < 1.29 is 9.53 Å². The summed E-state index contributed by atoms with van der Waals surface area (Å²) in [6.07, 6.45) is 0. The number of anilines is 1. The molecule has 0 saturated heterocycles. The highest BCUT2D eigenvalue weighted by molar-refractivity contribution is 5.91. The number of rotatable bonds is 4. The smallest absolute Gasteiger partial charge is 0.319 e. The highest BCUT2D eigenvalue weighted by Crippen LogP contribution is 2.31. The molecule has 0 aliphatic heterocycles. The molecule has 0 radical (unpaired) electrons. The molecule has 0 aliphatic rings. The maximum absolute atomic E-state index is 12.4. The van der Waals surface area contributed by atoms with Gasteiger partial charge in [0, 0.05) is 17.8 Å². The first-order valence-corrected chi connectivity index (χ1v) is 8.09.